The van der Waals surface area contributed by atoms with Gasteiger partial charge in [-0.1, -0.05) is 63.2 Å². The minimum atomic E-state index is 0.338. The SMILES string of the molecule is CCCNCCC(C)(C)Cc1cccc2ccccc12. The van der Waals surface area contributed by atoms with Gasteiger partial charge < -0.3 is 5.32 Å². The Balaban J connectivity index is 2.07. The summed E-state index contributed by atoms with van der Waals surface area (Å²) in [6.45, 7) is 9.22. The summed E-state index contributed by atoms with van der Waals surface area (Å²) >= 11 is 0. The number of hydrogen-bond donors (Lipinski definition) is 1. The van der Waals surface area contributed by atoms with Crippen LogP contribution in [0.2, 0.25) is 0 Å². The Kier molecular flexibility index (Phi) is 5.19. The molecule has 0 heterocycles. The maximum absolute atomic E-state index is 3.51. The van der Waals surface area contributed by atoms with Gasteiger partial charge in [-0.25, -0.2) is 0 Å². The predicted octanol–water partition coefficient (Wildman–Crippen LogP) is 4.80. The van der Waals surface area contributed by atoms with Crippen molar-refractivity contribution < 1.29 is 0 Å². The molecule has 0 amide bonds. The summed E-state index contributed by atoms with van der Waals surface area (Å²) in [6.07, 6.45) is 3.57. The highest BCUT2D eigenvalue weighted by molar-refractivity contribution is 5.85. The fourth-order valence-electron chi connectivity index (χ4n) is 2.78. The molecule has 0 aliphatic carbocycles. The van der Waals surface area contributed by atoms with E-state index in [1.54, 1.807) is 0 Å². The van der Waals surface area contributed by atoms with Crippen LogP contribution in [0.5, 0.6) is 0 Å². The zero-order valence-electron chi connectivity index (χ0n) is 13.1. The summed E-state index contributed by atoms with van der Waals surface area (Å²) in [5, 5.41) is 6.27. The number of hydrogen-bond acceptors (Lipinski definition) is 1. The number of nitrogens with one attached hydrogen (secondary N) is 1. The van der Waals surface area contributed by atoms with Gasteiger partial charge in [0.2, 0.25) is 0 Å². The van der Waals surface area contributed by atoms with Crippen molar-refractivity contribution in [3.63, 3.8) is 0 Å². The Morgan fingerprint density at radius 1 is 0.950 bits per heavy atom. The molecule has 0 saturated heterocycles. The molecule has 1 nitrogen and oxygen atoms in total. The fourth-order valence-corrected chi connectivity index (χ4v) is 2.78. The second kappa shape index (κ2) is 6.90. The van der Waals surface area contributed by atoms with E-state index in [-0.39, 0.29) is 0 Å². The van der Waals surface area contributed by atoms with Crippen LogP contribution in [0.1, 0.15) is 39.2 Å². The van der Waals surface area contributed by atoms with Crippen LogP contribution in [-0.4, -0.2) is 13.1 Å². The lowest BCUT2D eigenvalue weighted by molar-refractivity contribution is 0.326. The molecular weight excluding hydrogens is 242 g/mol. The molecular formula is C19H27N. The molecule has 0 aliphatic rings. The molecule has 0 bridgehead atoms. The molecule has 0 radical (unpaired) electrons. The molecule has 2 aromatic carbocycles. The lowest BCUT2D eigenvalue weighted by Crippen LogP contribution is -2.24. The first-order valence-corrected chi connectivity index (χ1v) is 7.80. The molecule has 2 rings (SSSR count). The summed E-state index contributed by atoms with van der Waals surface area (Å²) in [7, 11) is 0. The third-order valence-corrected chi connectivity index (χ3v) is 3.95. The average molecular weight is 269 g/mol. The highest BCUT2D eigenvalue weighted by atomic mass is 14.8. The molecule has 20 heavy (non-hydrogen) atoms. The highest BCUT2D eigenvalue weighted by Crippen LogP contribution is 2.29. The molecule has 0 aliphatic heterocycles. The van der Waals surface area contributed by atoms with E-state index < -0.39 is 0 Å². The minimum absolute atomic E-state index is 0.338. The zero-order valence-corrected chi connectivity index (χ0v) is 13.1. The topological polar surface area (TPSA) is 12.0 Å². The number of fused-ring (bicyclic) bond motifs is 1. The number of benzene rings is 2. The first-order valence-electron chi connectivity index (χ1n) is 7.80. The van der Waals surface area contributed by atoms with Crippen molar-refractivity contribution in [2.75, 3.05) is 13.1 Å². The van der Waals surface area contributed by atoms with Gasteiger partial charge in [0, 0.05) is 0 Å². The predicted molar refractivity (Wildman–Crippen MR) is 89.2 cm³/mol. The zero-order chi connectivity index (χ0) is 14.4. The smallest absolute Gasteiger partial charge is 0.00437 e. The molecule has 0 spiro atoms. The molecule has 0 saturated carbocycles. The van der Waals surface area contributed by atoms with Crippen molar-refractivity contribution in [1.82, 2.24) is 5.32 Å². The summed E-state index contributed by atoms with van der Waals surface area (Å²) in [5.41, 5.74) is 1.81. The quantitative estimate of drug-likeness (QED) is 0.712. The van der Waals surface area contributed by atoms with Crippen LogP contribution >= 0.6 is 0 Å². The third-order valence-electron chi connectivity index (χ3n) is 3.95. The Bertz CT molecular complexity index is 537. The van der Waals surface area contributed by atoms with Crippen molar-refractivity contribution in [2.45, 2.75) is 40.0 Å². The van der Waals surface area contributed by atoms with Gasteiger partial charge in [0.15, 0.2) is 0 Å². The molecule has 0 aromatic heterocycles. The van der Waals surface area contributed by atoms with Crippen LogP contribution in [0.15, 0.2) is 42.5 Å². The van der Waals surface area contributed by atoms with E-state index in [0.29, 0.717) is 5.41 Å². The van der Waals surface area contributed by atoms with Crippen molar-refractivity contribution in [3.8, 4) is 0 Å². The Morgan fingerprint density at radius 3 is 2.50 bits per heavy atom. The van der Waals surface area contributed by atoms with Crippen LogP contribution in [0.25, 0.3) is 10.8 Å². The van der Waals surface area contributed by atoms with E-state index in [1.165, 1.54) is 29.2 Å². The van der Waals surface area contributed by atoms with Crippen LogP contribution in [0.3, 0.4) is 0 Å². The van der Waals surface area contributed by atoms with E-state index in [4.69, 9.17) is 0 Å². The Labute approximate surface area is 123 Å². The summed E-state index contributed by atoms with van der Waals surface area (Å²) in [4.78, 5) is 0. The van der Waals surface area contributed by atoms with Crippen LogP contribution < -0.4 is 5.32 Å². The van der Waals surface area contributed by atoms with E-state index in [2.05, 4.69) is 68.6 Å². The molecule has 1 heteroatoms. The summed E-state index contributed by atoms with van der Waals surface area (Å²) < 4.78 is 0. The van der Waals surface area contributed by atoms with Crippen molar-refractivity contribution in [1.29, 1.82) is 0 Å². The largest absolute Gasteiger partial charge is 0.317 e. The van der Waals surface area contributed by atoms with Gasteiger partial charge in [-0.2, -0.15) is 0 Å². The lowest BCUT2D eigenvalue weighted by Gasteiger charge is -2.25. The summed E-state index contributed by atoms with van der Waals surface area (Å²) in [5.74, 6) is 0. The van der Waals surface area contributed by atoms with Gasteiger partial charge in [0.05, 0.1) is 0 Å². The third kappa shape index (κ3) is 4.08. The van der Waals surface area contributed by atoms with Gasteiger partial charge >= 0.3 is 0 Å². The molecule has 1 N–H and O–H groups in total. The van der Waals surface area contributed by atoms with E-state index in [1.807, 2.05) is 0 Å². The van der Waals surface area contributed by atoms with Crippen LogP contribution in [0, 0.1) is 5.41 Å². The van der Waals surface area contributed by atoms with Crippen molar-refractivity contribution >= 4 is 10.8 Å². The van der Waals surface area contributed by atoms with E-state index >= 15 is 0 Å². The second-order valence-electron chi connectivity index (χ2n) is 6.48. The maximum Gasteiger partial charge on any atom is -0.00437 e. The van der Waals surface area contributed by atoms with E-state index in [9.17, 15) is 0 Å². The molecule has 0 atom stereocenters. The van der Waals surface area contributed by atoms with Crippen molar-refractivity contribution in [3.05, 3.63) is 48.0 Å². The lowest BCUT2D eigenvalue weighted by atomic mass is 9.81. The standard InChI is InChI=1S/C19H27N/c1-4-13-20-14-12-19(2,3)15-17-10-7-9-16-8-5-6-11-18(16)17/h5-11,20H,4,12-15H2,1-3H3. The van der Waals surface area contributed by atoms with Gasteiger partial charge in [-0.3, -0.25) is 0 Å². The molecule has 108 valence electrons. The van der Waals surface area contributed by atoms with Gasteiger partial charge in [-0.15, -0.1) is 0 Å². The van der Waals surface area contributed by atoms with Crippen LogP contribution in [-0.2, 0) is 6.42 Å². The fraction of sp³-hybridized carbons (Fsp3) is 0.474. The minimum Gasteiger partial charge on any atom is -0.317 e. The molecule has 2 aromatic rings. The normalized spacial score (nSPS) is 11.9. The maximum atomic E-state index is 3.51. The number of rotatable bonds is 7. The Hall–Kier alpha value is -1.34. The molecule has 0 fully saturated rings. The van der Waals surface area contributed by atoms with Gasteiger partial charge in [0.25, 0.3) is 0 Å². The highest BCUT2D eigenvalue weighted by Gasteiger charge is 2.19. The summed E-state index contributed by atoms with van der Waals surface area (Å²) in [6, 6.07) is 15.4. The Morgan fingerprint density at radius 2 is 1.70 bits per heavy atom. The van der Waals surface area contributed by atoms with E-state index in [0.717, 1.165) is 19.5 Å². The first-order chi connectivity index (χ1) is 9.62. The van der Waals surface area contributed by atoms with Crippen molar-refractivity contribution in [2.24, 2.45) is 5.41 Å². The van der Waals surface area contributed by atoms with Crippen LogP contribution in [0.4, 0.5) is 0 Å². The molecule has 0 unspecified atom stereocenters. The average Bonchev–Trinajstić information content (AvgIpc) is 2.44. The van der Waals surface area contributed by atoms with Gasteiger partial charge in [0.1, 0.15) is 0 Å². The second-order valence-corrected chi connectivity index (χ2v) is 6.48. The monoisotopic (exact) mass is 269 g/mol. The van der Waals surface area contributed by atoms with Gasteiger partial charge in [-0.05, 0) is 54.1 Å². The first kappa shape index (κ1) is 15.1.